The minimum Gasteiger partial charge on any atom is -0.462 e. The van der Waals surface area contributed by atoms with Crippen LogP contribution in [-0.2, 0) is 27.3 Å². The number of ether oxygens (including phenoxy) is 1. The van der Waals surface area contributed by atoms with E-state index in [1.807, 2.05) is 30.0 Å². The van der Waals surface area contributed by atoms with E-state index >= 15 is 0 Å². The number of esters is 1. The number of amides is 2. The molecule has 4 rings (SSSR count). The van der Waals surface area contributed by atoms with Crippen LogP contribution in [0, 0.1) is 0 Å². The van der Waals surface area contributed by atoms with Crippen LogP contribution in [0.3, 0.4) is 0 Å². The van der Waals surface area contributed by atoms with E-state index in [-0.39, 0.29) is 10.7 Å². The summed E-state index contributed by atoms with van der Waals surface area (Å²) < 4.78 is 5.10. The summed E-state index contributed by atoms with van der Waals surface area (Å²) in [6.07, 6.45) is 1.51. The Hall–Kier alpha value is -3.12. The maximum atomic E-state index is 13.1. The normalized spacial score (nSPS) is 16.2. The van der Waals surface area contributed by atoms with Crippen molar-refractivity contribution in [2.45, 2.75) is 26.3 Å². The first-order valence-corrected chi connectivity index (χ1v) is 10.3. The van der Waals surface area contributed by atoms with Gasteiger partial charge in [-0.15, -0.1) is 0 Å². The standard InChI is InChI=1S/C23H21ClN2O4/c1-2-13-30-23(29)16-7-9-18(10-8-16)26-21(27)19(24)20(22(26)28)25-12-11-15-5-3-4-6-17(15)14-25/h3-10H,2,11-14H2,1H3. The number of hydrogen-bond acceptors (Lipinski definition) is 5. The van der Waals surface area contributed by atoms with Gasteiger partial charge in [0.2, 0.25) is 0 Å². The van der Waals surface area contributed by atoms with Gasteiger partial charge in [-0.1, -0.05) is 42.8 Å². The molecular weight excluding hydrogens is 404 g/mol. The van der Waals surface area contributed by atoms with Crippen LogP contribution in [0.5, 0.6) is 0 Å². The van der Waals surface area contributed by atoms with E-state index in [4.69, 9.17) is 16.3 Å². The van der Waals surface area contributed by atoms with Crippen molar-refractivity contribution in [1.29, 1.82) is 0 Å². The van der Waals surface area contributed by atoms with Crippen molar-refractivity contribution in [2.75, 3.05) is 18.1 Å². The third-order valence-corrected chi connectivity index (χ3v) is 5.59. The molecule has 0 N–H and O–H groups in total. The van der Waals surface area contributed by atoms with Crippen LogP contribution < -0.4 is 4.90 Å². The van der Waals surface area contributed by atoms with Gasteiger partial charge >= 0.3 is 5.97 Å². The highest BCUT2D eigenvalue weighted by Crippen LogP contribution is 2.33. The van der Waals surface area contributed by atoms with Crippen LogP contribution in [-0.4, -0.2) is 35.8 Å². The van der Waals surface area contributed by atoms with Gasteiger partial charge in [-0.25, -0.2) is 9.69 Å². The van der Waals surface area contributed by atoms with Crippen LogP contribution in [0.4, 0.5) is 5.69 Å². The number of carbonyl (C=O) groups is 3. The molecule has 30 heavy (non-hydrogen) atoms. The number of hydrogen-bond donors (Lipinski definition) is 0. The molecule has 2 aromatic rings. The van der Waals surface area contributed by atoms with Gasteiger partial charge in [0.05, 0.1) is 17.9 Å². The summed E-state index contributed by atoms with van der Waals surface area (Å²) >= 11 is 6.32. The van der Waals surface area contributed by atoms with Crippen molar-refractivity contribution in [3.63, 3.8) is 0 Å². The lowest BCUT2D eigenvalue weighted by Crippen LogP contribution is -2.37. The van der Waals surface area contributed by atoms with Gasteiger partial charge in [0.25, 0.3) is 11.8 Å². The predicted octanol–water partition coefficient (Wildman–Crippen LogP) is 3.64. The second-order valence-electron chi connectivity index (χ2n) is 7.23. The summed E-state index contributed by atoms with van der Waals surface area (Å²) in [7, 11) is 0. The lowest BCUT2D eigenvalue weighted by Gasteiger charge is -2.31. The molecule has 0 spiro atoms. The molecule has 2 amide bonds. The summed E-state index contributed by atoms with van der Waals surface area (Å²) in [6.45, 7) is 3.39. The maximum absolute atomic E-state index is 13.1. The maximum Gasteiger partial charge on any atom is 0.338 e. The van der Waals surface area contributed by atoms with Crippen LogP contribution in [0.1, 0.15) is 34.8 Å². The van der Waals surface area contributed by atoms with E-state index < -0.39 is 17.8 Å². The number of carbonyl (C=O) groups excluding carboxylic acids is 3. The highest BCUT2D eigenvalue weighted by atomic mass is 35.5. The van der Waals surface area contributed by atoms with E-state index in [1.54, 1.807) is 12.1 Å². The number of imide groups is 1. The van der Waals surface area contributed by atoms with E-state index in [1.165, 1.54) is 17.7 Å². The van der Waals surface area contributed by atoms with Crippen molar-refractivity contribution >= 4 is 35.1 Å². The Morgan fingerprint density at radius 3 is 2.43 bits per heavy atom. The van der Waals surface area contributed by atoms with Gasteiger partial charge in [0, 0.05) is 13.1 Å². The SMILES string of the molecule is CCCOC(=O)c1ccc(N2C(=O)C(Cl)=C(N3CCc4ccccc4C3)C2=O)cc1. The van der Waals surface area contributed by atoms with E-state index in [0.29, 0.717) is 30.9 Å². The topological polar surface area (TPSA) is 66.9 Å². The molecule has 0 aromatic heterocycles. The molecule has 0 saturated carbocycles. The Labute approximate surface area is 179 Å². The molecule has 6 nitrogen and oxygen atoms in total. The minimum absolute atomic E-state index is 0.0780. The summed E-state index contributed by atoms with van der Waals surface area (Å²) in [5.41, 5.74) is 3.31. The van der Waals surface area contributed by atoms with E-state index in [0.717, 1.165) is 23.3 Å². The Morgan fingerprint density at radius 1 is 1.03 bits per heavy atom. The van der Waals surface area contributed by atoms with Gasteiger partial charge in [-0.3, -0.25) is 9.59 Å². The van der Waals surface area contributed by atoms with Gasteiger partial charge in [0.15, 0.2) is 0 Å². The fourth-order valence-corrected chi connectivity index (χ4v) is 4.00. The van der Waals surface area contributed by atoms with Crippen LogP contribution in [0.15, 0.2) is 59.3 Å². The van der Waals surface area contributed by atoms with Crippen molar-refractivity contribution in [3.05, 3.63) is 76.0 Å². The molecule has 2 aliphatic heterocycles. The Balaban J connectivity index is 1.55. The highest BCUT2D eigenvalue weighted by Gasteiger charge is 2.41. The van der Waals surface area contributed by atoms with Crippen LogP contribution in [0.25, 0.3) is 0 Å². The molecule has 0 aliphatic carbocycles. The average molecular weight is 425 g/mol. The molecule has 154 valence electrons. The third-order valence-electron chi connectivity index (χ3n) is 5.25. The largest absolute Gasteiger partial charge is 0.462 e. The predicted molar refractivity (Wildman–Crippen MR) is 113 cm³/mol. The van der Waals surface area contributed by atoms with E-state index in [2.05, 4.69) is 6.07 Å². The number of rotatable bonds is 5. The van der Waals surface area contributed by atoms with Gasteiger partial charge < -0.3 is 9.64 Å². The molecule has 0 fully saturated rings. The molecule has 2 aromatic carbocycles. The number of benzene rings is 2. The summed E-state index contributed by atoms with van der Waals surface area (Å²) in [4.78, 5) is 40.8. The van der Waals surface area contributed by atoms with Gasteiger partial charge in [-0.2, -0.15) is 0 Å². The summed E-state index contributed by atoms with van der Waals surface area (Å²) in [5, 5.41) is -0.0780. The summed E-state index contributed by atoms with van der Waals surface area (Å²) in [6, 6.07) is 14.2. The Bertz CT molecular complexity index is 1050. The van der Waals surface area contributed by atoms with Gasteiger partial charge in [0.1, 0.15) is 10.7 Å². The van der Waals surface area contributed by atoms with Crippen molar-refractivity contribution < 1.29 is 19.1 Å². The monoisotopic (exact) mass is 424 g/mol. The molecule has 2 aliphatic rings. The van der Waals surface area contributed by atoms with Crippen molar-refractivity contribution in [1.82, 2.24) is 4.90 Å². The molecule has 0 radical (unpaired) electrons. The first-order valence-electron chi connectivity index (χ1n) is 9.88. The number of anilines is 1. The van der Waals surface area contributed by atoms with Crippen LogP contribution in [0.2, 0.25) is 0 Å². The first kappa shape index (κ1) is 20.2. The quantitative estimate of drug-likeness (QED) is 0.541. The smallest absolute Gasteiger partial charge is 0.338 e. The Kier molecular flexibility index (Phi) is 5.59. The van der Waals surface area contributed by atoms with Crippen molar-refractivity contribution in [2.24, 2.45) is 0 Å². The molecule has 7 heteroatoms. The second-order valence-corrected chi connectivity index (χ2v) is 7.61. The molecule has 0 bridgehead atoms. The molecule has 0 unspecified atom stereocenters. The lowest BCUT2D eigenvalue weighted by molar-refractivity contribution is -0.121. The zero-order valence-corrected chi connectivity index (χ0v) is 17.3. The van der Waals surface area contributed by atoms with Gasteiger partial charge in [-0.05, 0) is 48.2 Å². The second kappa shape index (κ2) is 8.32. The number of fused-ring (bicyclic) bond motifs is 1. The lowest BCUT2D eigenvalue weighted by atomic mass is 9.99. The highest BCUT2D eigenvalue weighted by molar-refractivity contribution is 6.52. The third kappa shape index (κ3) is 3.59. The Morgan fingerprint density at radius 2 is 1.73 bits per heavy atom. The molecule has 0 saturated heterocycles. The minimum atomic E-state index is -0.558. The molecular formula is C23H21ClN2O4. The zero-order chi connectivity index (χ0) is 21.3. The number of halogens is 1. The molecule has 2 heterocycles. The molecule has 0 atom stereocenters. The van der Waals surface area contributed by atoms with Crippen molar-refractivity contribution in [3.8, 4) is 0 Å². The fourth-order valence-electron chi connectivity index (χ4n) is 3.71. The van der Waals surface area contributed by atoms with Crippen LogP contribution >= 0.6 is 11.6 Å². The number of nitrogens with zero attached hydrogens (tertiary/aromatic N) is 2. The average Bonchev–Trinajstić information content (AvgIpc) is 3.00. The first-order chi connectivity index (χ1) is 14.5. The summed E-state index contributed by atoms with van der Waals surface area (Å²) in [5.74, 6) is -1.45. The fraction of sp³-hybridized carbons (Fsp3) is 0.261. The van der Waals surface area contributed by atoms with E-state index in [9.17, 15) is 14.4 Å². The zero-order valence-electron chi connectivity index (χ0n) is 16.6.